The number of rotatable bonds is 5. The number of aryl methyl sites for hydroxylation is 1. The Bertz CT molecular complexity index is 413. The summed E-state index contributed by atoms with van der Waals surface area (Å²) in [5, 5.41) is 9.47. The molecule has 0 bridgehead atoms. The molecule has 2 rings (SSSR count). The first-order valence-electron chi connectivity index (χ1n) is 6.50. The summed E-state index contributed by atoms with van der Waals surface area (Å²) < 4.78 is 0. The summed E-state index contributed by atoms with van der Waals surface area (Å²) in [6, 6.07) is 5.86. The summed E-state index contributed by atoms with van der Waals surface area (Å²) in [6.45, 7) is 0.885. The Kier molecular flexibility index (Phi) is 5.76. The van der Waals surface area contributed by atoms with Crippen LogP contribution in [0.3, 0.4) is 0 Å². The van der Waals surface area contributed by atoms with Crippen molar-refractivity contribution in [1.29, 1.82) is 0 Å². The molecule has 1 atom stereocenters. The van der Waals surface area contributed by atoms with Crippen LogP contribution in [0, 0.1) is 0 Å². The fraction of sp³-hybridized carbons (Fsp3) is 0.571. The first-order valence-corrected chi connectivity index (χ1v) is 6.50. The van der Waals surface area contributed by atoms with Gasteiger partial charge in [0.2, 0.25) is 0 Å². The molecule has 1 aliphatic heterocycles. The molecule has 0 spiro atoms. The highest BCUT2D eigenvalue weighted by atomic mass is 35.5. The van der Waals surface area contributed by atoms with Crippen LogP contribution in [0.15, 0.2) is 24.4 Å². The van der Waals surface area contributed by atoms with Crippen LogP contribution in [0.25, 0.3) is 0 Å². The number of likely N-dealkylation sites (tertiary alicyclic amines) is 1. The Morgan fingerprint density at radius 2 is 2.32 bits per heavy atom. The topological polar surface area (TPSA) is 53.4 Å². The number of hydrogen-bond acceptors (Lipinski definition) is 3. The molecule has 1 aromatic rings. The lowest BCUT2D eigenvalue weighted by Gasteiger charge is -2.31. The number of pyridine rings is 1. The van der Waals surface area contributed by atoms with Gasteiger partial charge < -0.3 is 5.11 Å². The number of aliphatic carboxylic acids is 1. The standard InChI is InChI=1S/C14H20N2O2.ClH/c1-16-11-5-9-14(16,13(17)18)8-4-7-12-6-2-3-10-15-12;/h2-3,6,10H,4-5,7-9,11H2,1H3,(H,17,18);1H. The van der Waals surface area contributed by atoms with Gasteiger partial charge in [-0.25, -0.2) is 0 Å². The van der Waals surface area contributed by atoms with E-state index in [-0.39, 0.29) is 12.4 Å². The third-order valence-corrected chi connectivity index (χ3v) is 3.96. The molecule has 1 aromatic heterocycles. The van der Waals surface area contributed by atoms with Gasteiger partial charge in [-0.3, -0.25) is 14.7 Å². The van der Waals surface area contributed by atoms with Gasteiger partial charge in [-0.2, -0.15) is 0 Å². The molecule has 1 fully saturated rings. The lowest BCUT2D eigenvalue weighted by molar-refractivity contribution is -0.149. The molecule has 0 aliphatic carbocycles. The zero-order chi connectivity index (χ0) is 13.0. The van der Waals surface area contributed by atoms with Crippen molar-refractivity contribution < 1.29 is 9.90 Å². The van der Waals surface area contributed by atoms with E-state index >= 15 is 0 Å². The molecule has 0 amide bonds. The molecule has 0 radical (unpaired) electrons. The smallest absolute Gasteiger partial charge is 0.324 e. The van der Waals surface area contributed by atoms with Gasteiger partial charge >= 0.3 is 5.97 Å². The zero-order valence-corrected chi connectivity index (χ0v) is 12.0. The molecule has 0 saturated carbocycles. The molecule has 2 heterocycles. The van der Waals surface area contributed by atoms with E-state index in [1.165, 1.54) is 0 Å². The summed E-state index contributed by atoms with van der Waals surface area (Å²) in [5.74, 6) is -0.677. The number of aromatic nitrogens is 1. The number of carboxylic acids is 1. The largest absolute Gasteiger partial charge is 0.480 e. The summed E-state index contributed by atoms with van der Waals surface area (Å²) in [6.07, 6.45) is 5.95. The van der Waals surface area contributed by atoms with Crippen molar-refractivity contribution in [3.8, 4) is 0 Å². The third-order valence-electron chi connectivity index (χ3n) is 3.96. The van der Waals surface area contributed by atoms with Crippen LogP contribution in [0.2, 0.25) is 0 Å². The van der Waals surface area contributed by atoms with E-state index < -0.39 is 11.5 Å². The van der Waals surface area contributed by atoms with Crippen LogP contribution < -0.4 is 0 Å². The van der Waals surface area contributed by atoms with Crippen molar-refractivity contribution in [1.82, 2.24) is 9.88 Å². The molecule has 5 heteroatoms. The van der Waals surface area contributed by atoms with Gasteiger partial charge in [0.25, 0.3) is 0 Å². The molecule has 1 saturated heterocycles. The third kappa shape index (κ3) is 3.45. The molecule has 0 aromatic carbocycles. The van der Waals surface area contributed by atoms with Crippen LogP contribution in [0.4, 0.5) is 0 Å². The number of nitrogens with zero attached hydrogens (tertiary/aromatic N) is 2. The monoisotopic (exact) mass is 284 g/mol. The maximum Gasteiger partial charge on any atom is 0.324 e. The normalized spacial score (nSPS) is 23.0. The lowest BCUT2D eigenvalue weighted by atomic mass is 9.89. The van der Waals surface area contributed by atoms with E-state index in [0.717, 1.165) is 37.9 Å². The molecule has 19 heavy (non-hydrogen) atoms. The Morgan fingerprint density at radius 1 is 1.53 bits per heavy atom. The summed E-state index contributed by atoms with van der Waals surface area (Å²) in [4.78, 5) is 17.8. The van der Waals surface area contributed by atoms with E-state index in [4.69, 9.17) is 0 Å². The lowest BCUT2D eigenvalue weighted by Crippen LogP contribution is -2.48. The second kappa shape index (κ2) is 6.87. The second-order valence-electron chi connectivity index (χ2n) is 5.04. The number of hydrogen-bond donors (Lipinski definition) is 1. The molecule has 1 aliphatic rings. The Hall–Kier alpha value is -1.13. The van der Waals surface area contributed by atoms with Gasteiger partial charge in [-0.05, 0) is 57.8 Å². The van der Waals surface area contributed by atoms with Crippen molar-refractivity contribution in [3.05, 3.63) is 30.1 Å². The minimum Gasteiger partial charge on any atom is -0.480 e. The summed E-state index contributed by atoms with van der Waals surface area (Å²) in [7, 11) is 1.92. The fourth-order valence-electron chi connectivity index (χ4n) is 2.81. The number of likely N-dealkylation sites (N-methyl/N-ethyl adjacent to an activating group) is 1. The van der Waals surface area contributed by atoms with Gasteiger partial charge in [-0.15, -0.1) is 12.4 Å². The van der Waals surface area contributed by atoms with E-state index in [0.29, 0.717) is 6.42 Å². The van der Waals surface area contributed by atoms with Gasteiger partial charge in [0.1, 0.15) is 5.54 Å². The maximum atomic E-state index is 11.5. The highest BCUT2D eigenvalue weighted by molar-refractivity contribution is 5.85. The summed E-state index contributed by atoms with van der Waals surface area (Å²) >= 11 is 0. The van der Waals surface area contributed by atoms with E-state index in [1.54, 1.807) is 6.20 Å². The molecular formula is C14H21ClN2O2. The highest BCUT2D eigenvalue weighted by Gasteiger charge is 2.44. The van der Waals surface area contributed by atoms with Crippen LogP contribution in [0.5, 0.6) is 0 Å². The quantitative estimate of drug-likeness (QED) is 0.902. The van der Waals surface area contributed by atoms with Gasteiger partial charge in [-0.1, -0.05) is 6.07 Å². The van der Waals surface area contributed by atoms with Crippen molar-refractivity contribution >= 4 is 18.4 Å². The van der Waals surface area contributed by atoms with Crippen molar-refractivity contribution in [2.75, 3.05) is 13.6 Å². The van der Waals surface area contributed by atoms with Crippen LogP contribution in [0.1, 0.15) is 31.4 Å². The Balaban J connectivity index is 0.00000180. The van der Waals surface area contributed by atoms with Gasteiger partial charge in [0.05, 0.1) is 0 Å². The average molecular weight is 285 g/mol. The Labute approximate surface area is 120 Å². The maximum absolute atomic E-state index is 11.5. The highest BCUT2D eigenvalue weighted by Crippen LogP contribution is 2.32. The predicted octanol–water partition coefficient (Wildman–Crippen LogP) is 2.38. The van der Waals surface area contributed by atoms with Crippen LogP contribution in [-0.2, 0) is 11.2 Å². The number of carboxylic acid groups (broad SMARTS) is 1. The number of carbonyl (C=O) groups is 1. The second-order valence-corrected chi connectivity index (χ2v) is 5.04. The first kappa shape index (κ1) is 15.9. The molecule has 106 valence electrons. The number of halogens is 1. The molecular weight excluding hydrogens is 264 g/mol. The van der Waals surface area contributed by atoms with Crippen molar-refractivity contribution in [2.45, 2.75) is 37.6 Å². The van der Waals surface area contributed by atoms with E-state index in [2.05, 4.69) is 4.98 Å². The van der Waals surface area contributed by atoms with E-state index in [1.807, 2.05) is 30.1 Å². The van der Waals surface area contributed by atoms with Crippen LogP contribution >= 0.6 is 12.4 Å². The molecule has 4 nitrogen and oxygen atoms in total. The predicted molar refractivity (Wildman–Crippen MR) is 76.7 cm³/mol. The summed E-state index contributed by atoms with van der Waals surface area (Å²) in [5.41, 5.74) is 0.396. The molecule has 1 unspecified atom stereocenters. The molecule has 1 N–H and O–H groups in total. The van der Waals surface area contributed by atoms with Gasteiger partial charge in [0, 0.05) is 11.9 Å². The Morgan fingerprint density at radius 3 is 2.84 bits per heavy atom. The average Bonchev–Trinajstić information content (AvgIpc) is 2.73. The first-order chi connectivity index (χ1) is 8.65. The van der Waals surface area contributed by atoms with E-state index in [9.17, 15) is 9.90 Å². The van der Waals surface area contributed by atoms with Crippen molar-refractivity contribution in [3.63, 3.8) is 0 Å². The SMILES string of the molecule is CN1CCCC1(CCCc1ccccn1)C(=O)O.Cl. The minimum atomic E-state index is -0.677. The van der Waals surface area contributed by atoms with Crippen LogP contribution in [-0.4, -0.2) is 40.1 Å². The van der Waals surface area contributed by atoms with Gasteiger partial charge in [0.15, 0.2) is 0 Å². The fourth-order valence-corrected chi connectivity index (χ4v) is 2.81. The zero-order valence-electron chi connectivity index (χ0n) is 11.2. The van der Waals surface area contributed by atoms with Crippen molar-refractivity contribution in [2.24, 2.45) is 0 Å². The minimum absolute atomic E-state index is 0.